The fourth-order valence-electron chi connectivity index (χ4n) is 3.47. The molecule has 6 N–H and O–H groups in total. The number of carboxylic acid groups (broad SMARTS) is 1. The molecule has 32 heavy (non-hydrogen) atoms. The van der Waals surface area contributed by atoms with Gasteiger partial charge in [-0.15, -0.1) is 0 Å². The summed E-state index contributed by atoms with van der Waals surface area (Å²) in [6.07, 6.45) is 3.44. The summed E-state index contributed by atoms with van der Waals surface area (Å²) in [4.78, 5) is 50.1. The van der Waals surface area contributed by atoms with Gasteiger partial charge >= 0.3 is 5.97 Å². The number of carbonyl (C=O) groups excluding carboxylic acids is 3. The highest BCUT2D eigenvalue weighted by molar-refractivity contribution is 7.98. The molecule has 1 aromatic rings. The number of phenols is 1. The second kappa shape index (κ2) is 12.3. The van der Waals surface area contributed by atoms with Crippen LogP contribution >= 0.6 is 11.8 Å². The van der Waals surface area contributed by atoms with E-state index in [1.165, 1.54) is 28.8 Å². The average Bonchev–Trinajstić information content (AvgIpc) is 3.26. The number of aliphatic carboxylic acids is 1. The van der Waals surface area contributed by atoms with E-state index in [9.17, 15) is 29.4 Å². The predicted molar refractivity (Wildman–Crippen MR) is 120 cm³/mol. The highest BCUT2D eigenvalue weighted by Crippen LogP contribution is 2.17. The SMILES string of the molecule is CSCCC(NC(=O)C(N)Cc1ccc(O)cc1)C(=O)NCC(=O)N1CCCC1C(=O)O. The number of benzene rings is 1. The summed E-state index contributed by atoms with van der Waals surface area (Å²) in [7, 11) is 0. The number of phenolic OH excluding ortho intramolecular Hbond substituents is 1. The van der Waals surface area contributed by atoms with Gasteiger partial charge in [0.1, 0.15) is 17.8 Å². The molecular weight excluding hydrogens is 436 g/mol. The Balaban J connectivity index is 1.91. The third-order valence-corrected chi connectivity index (χ3v) is 5.89. The minimum absolute atomic E-state index is 0.110. The number of carboxylic acids is 1. The summed E-state index contributed by atoms with van der Waals surface area (Å²) in [6.45, 7) is -0.00175. The molecule has 0 bridgehead atoms. The number of likely N-dealkylation sites (tertiary alicyclic amines) is 1. The number of nitrogens with zero attached hydrogens (tertiary/aromatic N) is 1. The Bertz CT molecular complexity index is 819. The molecule has 1 fully saturated rings. The number of rotatable bonds is 11. The van der Waals surface area contributed by atoms with Gasteiger partial charge in [-0.3, -0.25) is 14.4 Å². The lowest BCUT2D eigenvalue weighted by Gasteiger charge is -2.23. The van der Waals surface area contributed by atoms with Crippen molar-refractivity contribution < 1.29 is 29.4 Å². The zero-order chi connectivity index (χ0) is 23.7. The molecule has 1 aliphatic rings. The fourth-order valence-corrected chi connectivity index (χ4v) is 3.94. The first-order valence-electron chi connectivity index (χ1n) is 10.4. The highest BCUT2D eigenvalue weighted by atomic mass is 32.2. The molecule has 3 atom stereocenters. The number of aromatic hydroxyl groups is 1. The summed E-state index contributed by atoms with van der Waals surface area (Å²) in [5.41, 5.74) is 6.75. The summed E-state index contributed by atoms with van der Waals surface area (Å²) < 4.78 is 0. The van der Waals surface area contributed by atoms with Crippen LogP contribution < -0.4 is 16.4 Å². The minimum Gasteiger partial charge on any atom is -0.508 e. The fraction of sp³-hybridized carbons (Fsp3) is 0.524. The van der Waals surface area contributed by atoms with Crippen molar-refractivity contribution in [3.05, 3.63) is 29.8 Å². The van der Waals surface area contributed by atoms with Crippen LogP contribution in [0.2, 0.25) is 0 Å². The van der Waals surface area contributed by atoms with E-state index in [0.29, 0.717) is 31.6 Å². The van der Waals surface area contributed by atoms with Gasteiger partial charge in [-0.1, -0.05) is 12.1 Å². The number of nitrogens with two attached hydrogens (primary N) is 1. The van der Waals surface area contributed by atoms with Crippen molar-refractivity contribution in [3.8, 4) is 5.75 Å². The number of thioether (sulfide) groups is 1. The van der Waals surface area contributed by atoms with Gasteiger partial charge in [-0.25, -0.2) is 4.79 Å². The number of amides is 3. The molecule has 0 aromatic heterocycles. The van der Waals surface area contributed by atoms with Gasteiger partial charge in [0.25, 0.3) is 0 Å². The monoisotopic (exact) mass is 466 g/mol. The lowest BCUT2D eigenvalue weighted by molar-refractivity contribution is -0.148. The van der Waals surface area contributed by atoms with E-state index in [1.807, 2.05) is 6.26 Å². The number of carbonyl (C=O) groups is 4. The molecule has 176 valence electrons. The second-order valence-corrected chi connectivity index (χ2v) is 8.61. The van der Waals surface area contributed by atoms with Crippen LogP contribution in [0.1, 0.15) is 24.8 Å². The zero-order valence-corrected chi connectivity index (χ0v) is 18.8. The van der Waals surface area contributed by atoms with Crippen LogP contribution in [0.5, 0.6) is 5.75 Å². The molecule has 0 saturated carbocycles. The van der Waals surface area contributed by atoms with Gasteiger partial charge in [0, 0.05) is 6.54 Å². The largest absolute Gasteiger partial charge is 0.508 e. The van der Waals surface area contributed by atoms with Crippen LogP contribution in [0.15, 0.2) is 24.3 Å². The lowest BCUT2D eigenvalue weighted by Crippen LogP contribution is -2.54. The normalized spacial score (nSPS) is 17.4. The molecule has 0 spiro atoms. The van der Waals surface area contributed by atoms with Crippen LogP contribution in [0.3, 0.4) is 0 Å². The van der Waals surface area contributed by atoms with Gasteiger partial charge < -0.3 is 31.5 Å². The predicted octanol–water partition coefficient (Wildman–Crippen LogP) is -0.308. The van der Waals surface area contributed by atoms with E-state index >= 15 is 0 Å². The summed E-state index contributed by atoms with van der Waals surface area (Å²) in [6, 6.07) is 3.68. The Morgan fingerprint density at radius 2 is 1.91 bits per heavy atom. The number of hydrogen-bond acceptors (Lipinski definition) is 7. The first-order chi connectivity index (χ1) is 15.2. The van der Waals surface area contributed by atoms with Gasteiger partial charge in [0.05, 0.1) is 12.6 Å². The van der Waals surface area contributed by atoms with Crippen molar-refractivity contribution in [2.75, 3.05) is 25.1 Å². The molecular formula is C21H30N4O6S. The third-order valence-electron chi connectivity index (χ3n) is 5.24. The Morgan fingerprint density at radius 1 is 1.22 bits per heavy atom. The maximum Gasteiger partial charge on any atom is 0.326 e. The molecule has 3 amide bonds. The molecule has 3 unspecified atom stereocenters. The van der Waals surface area contributed by atoms with Crippen molar-refractivity contribution >= 4 is 35.5 Å². The van der Waals surface area contributed by atoms with Crippen LogP contribution in [-0.4, -0.2) is 82.0 Å². The van der Waals surface area contributed by atoms with E-state index in [2.05, 4.69) is 10.6 Å². The smallest absolute Gasteiger partial charge is 0.326 e. The summed E-state index contributed by atoms with van der Waals surface area (Å²) in [5, 5.41) is 23.7. The Morgan fingerprint density at radius 3 is 2.53 bits per heavy atom. The van der Waals surface area contributed by atoms with Gasteiger partial charge in [-0.2, -0.15) is 11.8 Å². The molecule has 1 saturated heterocycles. The van der Waals surface area contributed by atoms with Crippen LogP contribution in [0, 0.1) is 0 Å². The molecule has 1 aliphatic heterocycles. The van der Waals surface area contributed by atoms with E-state index in [-0.39, 0.29) is 18.7 Å². The molecule has 2 rings (SSSR count). The van der Waals surface area contributed by atoms with E-state index in [0.717, 1.165) is 5.56 Å². The lowest BCUT2D eigenvalue weighted by atomic mass is 10.1. The maximum absolute atomic E-state index is 12.6. The average molecular weight is 467 g/mol. The molecule has 10 nitrogen and oxygen atoms in total. The van der Waals surface area contributed by atoms with Crippen molar-refractivity contribution in [1.29, 1.82) is 0 Å². The Hall–Kier alpha value is -2.79. The van der Waals surface area contributed by atoms with E-state index < -0.39 is 41.8 Å². The number of hydrogen-bond donors (Lipinski definition) is 5. The first-order valence-corrected chi connectivity index (χ1v) is 11.7. The van der Waals surface area contributed by atoms with Gasteiger partial charge in [0.2, 0.25) is 17.7 Å². The standard InChI is InChI=1S/C21H30N4O6S/c1-32-10-8-16(24-19(28)15(22)11-13-4-6-14(26)7-5-13)20(29)23-12-18(27)25-9-2-3-17(25)21(30)31/h4-7,15-17,26H,2-3,8-12,22H2,1H3,(H,23,29)(H,24,28)(H,30,31). The number of nitrogens with one attached hydrogen (secondary N) is 2. The molecule has 11 heteroatoms. The van der Waals surface area contributed by atoms with Crippen molar-refractivity contribution in [2.24, 2.45) is 5.73 Å². The molecule has 0 radical (unpaired) electrons. The third kappa shape index (κ3) is 7.41. The van der Waals surface area contributed by atoms with Gasteiger partial charge in [0.15, 0.2) is 0 Å². The first kappa shape index (κ1) is 25.5. The quantitative estimate of drug-likeness (QED) is 0.297. The minimum atomic E-state index is -1.06. The molecule has 0 aliphatic carbocycles. The topological polar surface area (TPSA) is 162 Å². The molecule has 1 heterocycles. The van der Waals surface area contributed by atoms with Crippen molar-refractivity contribution in [3.63, 3.8) is 0 Å². The van der Waals surface area contributed by atoms with Crippen molar-refractivity contribution in [1.82, 2.24) is 15.5 Å². The zero-order valence-electron chi connectivity index (χ0n) is 18.0. The Labute approximate surface area is 190 Å². The van der Waals surface area contributed by atoms with Crippen LogP contribution in [0.4, 0.5) is 0 Å². The van der Waals surface area contributed by atoms with Gasteiger partial charge in [-0.05, 0) is 55.4 Å². The summed E-state index contributed by atoms with van der Waals surface area (Å²) in [5.74, 6) is -1.84. The highest BCUT2D eigenvalue weighted by Gasteiger charge is 2.34. The van der Waals surface area contributed by atoms with Crippen LogP contribution in [0.25, 0.3) is 0 Å². The molecule has 1 aromatic carbocycles. The summed E-state index contributed by atoms with van der Waals surface area (Å²) >= 11 is 1.51. The second-order valence-electron chi connectivity index (χ2n) is 7.62. The maximum atomic E-state index is 12.6. The van der Waals surface area contributed by atoms with E-state index in [1.54, 1.807) is 12.1 Å². The Kier molecular flexibility index (Phi) is 9.79. The van der Waals surface area contributed by atoms with Crippen LogP contribution in [-0.2, 0) is 25.6 Å². The van der Waals surface area contributed by atoms with E-state index in [4.69, 9.17) is 5.73 Å². The van der Waals surface area contributed by atoms with Crippen molar-refractivity contribution in [2.45, 2.75) is 43.8 Å².